The van der Waals surface area contributed by atoms with Gasteiger partial charge in [-0.1, -0.05) is 0 Å². The molecule has 7 heteroatoms. The number of alkyl halides is 2. The maximum absolute atomic E-state index is 12.8. The van der Waals surface area contributed by atoms with Crippen LogP contribution in [0.1, 0.15) is 19.8 Å². The fourth-order valence-corrected chi connectivity index (χ4v) is 2.70. The standard InChI is InChI=1S/C12H13BrF2N4/c1-7(8-4-12(14,15)5-8)17-10-2-3-19-11(18-10)9(13)6-16-19/h2-3,6-8H,4-5H2,1H3,(H,17,18). The molecule has 0 bridgehead atoms. The van der Waals surface area contributed by atoms with Gasteiger partial charge in [0.2, 0.25) is 5.92 Å². The lowest BCUT2D eigenvalue weighted by molar-refractivity contribution is -0.113. The zero-order valence-corrected chi connectivity index (χ0v) is 11.9. The van der Waals surface area contributed by atoms with E-state index in [1.165, 1.54) is 0 Å². The largest absolute Gasteiger partial charge is 0.367 e. The number of anilines is 1. The number of halogens is 3. The average Bonchev–Trinajstić information content (AvgIpc) is 2.68. The van der Waals surface area contributed by atoms with Crippen molar-refractivity contribution in [3.63, 3.8) is 0 Å². The Balaban J connectivity index is 1.73. The lowest BCUT2D eigenvalue weighted by atomic mass is 9.77. The van der Waals surface area contributed by atoms with Crippen LogP contribution in [0.3, 0.4) is 0 Å². The summed E-state index contributed by atoms with van der Waals surface area (Å²) >= 11 is 3.36. The minimum absolute atomic E-state index is 0.00128. The van der Waals surface area contributed by atoms with Gasteiger partial charge >= 0.3 is 0 Å². The minimum atomic E-state index is -2.48. The van der Waals surface area contributed by atoms with Crippen LogP contribution in [-0.2, 0) is 0 Å². The van der Waals surface area contributed by atoms with E-state index in [0.29, 0.717) is 11.5 Å². The van der Waals surface area contributed by atoms with Gasteiger partial charge in [-0.05, 0) is 34.8 Å². The molecular weight excluding hydrogens is 318 g/mol. The van der Waals surface area contributed by atoms with E-state index in [2.05, 4.69) is 31.3 Å². The summed E-state index contributed by atoms with van der Waals surface area (Å²) in [5, 5.41) is 7.28. The SMILES string of the molecule is CC(Nc1ccn2ncc(Br)c2n1)C1CC(F)(F)C1. The van der Waals surface area contributed by atoms with Crippen LogP contribution in [0.5, 0.6) is 0 Å². The Morgan fingerprint density at radius 2 is 2.26 bits per heavy atom. The number of rotatable bonds is 3. The molecule has 0 saturated heterocycles. The van der Waals surface area contributed by atoms with E-state index in [9.17, 15) is 8.78 Å². The molecule has 0 aromatic carbocycles. The van der Waals surface area contributed by atoms with Crippen molar-refractivity contribution < 1.29 is 8.78 Å². The van der Waals surface area contributed by atoms with E-state index in [0.717, 1.165) is 4.47 Å². The summed E-state index contributed by atoms with van der Waals surface area (Å²) in [7, 11) is 0. The Morgan fingerprint density at radius 1 is 1.53 bits per heavy atom. The monoisotopic (exact) mass is 330 g/mol. The van der Waals surface area contributed by atoms with Gasteiger partial charge in [0.25, 0.3) is 0 Å². The van der Waals surface area contributed by atoms with Crippen molar-refractivity contribution in [2.24, 2.45) is 5.92 Å². The second-order valence-electron chi connectivity index (χ2n) is 5.03. The molecular formula is C12H13BrF2N4. The molecule has 0 spiro atoms. The first kappa shape index (κ1) is 12.8. The highest BCUT2D eigenvalue weighted by Gasteiger charge is 2.47. The van der Waals surface area contributed by atoms with Crippen molar-refractivity contribution >= 4 is 27.4 Å². The van der Waals surface area contributed by atoms with Crippen LogP contribution in [0.15, 0.2) is 22.9 Å². The van der Waals surface area contributed by atoms with Gasteiger partial charge in [-0.3, -0.25) is 0 Å². The molecule has 1 N–H and O–H groups in total. The topological polar surface area (TPSA) is 42.2 Å². The molecule has 1 aliphatic carbocycles. The first-order valence-electron chi connectivity index (χ1n) is 6.09. The normalized spacial score (nSPS) is 20.2. The smallest absolute Gasteiger partial charge is 0.248 e. The Labute approximate surface area is 117 Å². The third-order valence-corrected chi connectivity index (χ3v) is 4.09. The summed E-state index contributed by atoms with van der Waals surface area (Å²) < 4.78 is 28.1. The molecule has 4 nitrogen and oxygen atoms in total. The zero-order chi connectivity index (χ0) is 13.6. The van der Waals surface area contributed by atoms with Crippen LogP contribution in [0.2, 0.25) is 0 Å². The number of aromatic nitrogens is 3. The van der Waals surface area contributed by atoms with Gasteiger partial charge in [0, 0.05) is 25.1 Å². The van der Waals surface area contributed by atoms with Crippen molar-refractivity contribution in [3.8, 4) is 0 Å². The Morgan fingerprint density at radius 3 is 2.95 bits per heavy atom. The molecule has 1 fully saturated rings. The second-order valence-corrected chi connectivity index (χ2v) is 5.89. The highest BCUT2D eigenvalue weighted by atomic mass is 79.9. The third kappa shape index (κ3) is 2.43. The molecule has 2 aromatic heterocycles. The molecule has 3 rings (SSSR count). The first-order valence-corrected chi connectivity index (χ1v) is 6.88. The van der Waals surface area contributed by atoms with E-state index in [-0.39, 0.29) is 24.8 Å². The number of fused-ring (bicyclic) bond motifs is 1. The predicted molar refractivity (Wildman–Crippen MR) is 71.4 cm³/mol. The maximum atomic E-state index is 12.8. The van der Waals surface area contributed by atoms with E-state index in [4.69, 9.17) is 0 Å². The molecule has 1 unspecified atom stereocenters. The maximum Gasteiger partial charge on any atom is 0.248 e. The zero-order valence-electron chi connectivity index (χ0n) is 10.3. The fourth-order valence-electron chi connectivity index (χ4n) is 2.33. The van der Waals surface area contributed by atoms with Crippen molar-refractivity contribution in [3.05, 3.63) is 22.9 Å². The van der Waals surface area contributed by atoms with E-state index < -0.39 is 5.92 Å². The van der Waals surface area contributed by atoms with Gasteiger partial charge in [-0.25, -0.2) is 18.3 Å². The number of nitrogens with zero attached hydrogens (tertiary/aromatic N) is 3. The highest BCUT2D eigenvalue weighted by Crippen LogP contribution is 2.44. The van der Waals surface area contributed by atoms with E-state index >= 15 is 0 Å². The van der Waals surface area contributed by atoms with Crippen LogP contribution in [-0.4, -0.2) is 26.6 Å². The van der Waals surface area contributed by atoms with Crippen LogP contribution in [0.4, 0.5) is 14.6 Å². The summed E-state index contributed by atoms with van der Waals surface area (Å²) in [5.74, 6) is -1.80. The molecule has 1 atom stereocenters. The lowest BCUT2D eigenvalue weighted by Gasteiger charge is -2.39. The molecule has 2 aromatic rings. The number of nitrogens with one attached hydrogen (secondary N) is 1. The van der Waals surface area contributed by atoms with Crippen molar-refractivity contribution in [1.29, 1.82) is 0 Å². The fraction of sp³-hybridized carbons (Fsp3) is 0.500. The lowest BCUT2D eigenvalue weighted by Crippen LogP contribution is -2.43. The van der Waals surface area contributed by atoms with Crippen LogP contribution in [0.25, 0.3) is 5.65 Å². The number of hydrogen-bond donors (Lipinski definition) is 1. The molecule has 19 heavy (non-hydrogen) atoms. The van der Waals surface area contributed by atoms with Gasteiger partial charge in [0.05, 0.1) is 10.7 Å². The Hall–Kier alpha value is -1.24. The molecule has 1 aliphatic rings. The highest BCUT2D eigenvalue weighted by molar-refractivity contribution is 9.10. The summed E-state index contributed by atoms with van der Waals surface area (Å²) in [6.45, 7) is 1.91. The molecule has 0 amide bonds. The average molecular weight is 331 g/mol. The van der Waals surface area contributed by atoms with Gasteiger partial charge in [-0.2, -0.15) is 5.10 Å². The molecule has 0 radical (unpaired) electrons. The summed E-state index contributed by atoms with van der Waals surface area (Å²) in [6, 6.07) is 1.77. The number of hydrogen-bond acceptors (Lipinski definition) is 3. The van der Waals surface area contributed by atoms with E-state index in [1.54, 1.807) is 23.0 Å². The van der Waals surface area contributed by atoms with Crippen molar-refractivity contribution in [1.82, 2.24) is 14.6 Å². The van der Waals surface area contributed by atoms with Crippen molar-refractivity contribution in [2.45, 2.75) is 31.7 Å². The van der Waals surface area contributed by atoms with Crippen LogP contribution < -0.4 is 5.32 Å². The molecule has 2 heterocycles. The third-order valence-electron chi connectivity index (χ3n) is 3.53. The quantitative estimate of drug-likeness (QED) is 0.938. The minimum Gasteiger partial charge on any atom is -0.367 e. The summed E-state index contributed by atoms with van der Waals surface area (Å²) in [5.41, 5.74) is 0.705. The predicted octanol–water partition coefficient (Wildman–Crippen LogP) is 3.34. The molecule has 0 aliphatic heterocycles. The van der Waals surface area contributed by atoms with E-state index in [1.807, 2.05) is 6.92 Å². The van der Waals surface area contributed by atoms with Gasteiger partial charge in [0.1, 0.15) is 5.82 Å². The molecule has 1 saturated carbocycles. The molecule has 102 valence electrons. The van der Waals surface area contributed by atoms with Gasteiger partial charge in [-0.15, -0.1) is 0 Å². The van der Waals surface area contributed by atoms with Gasteiger partial charge < -0.3 is 5.32 Å². The first-order chi connectivity index (χ1) is 8.94. The van der Waals surface area contributed by atoms with Gasteiger partial charge in [0.15, 0.2) is 5.65 Å². The van der Waals surface area contributed by atoms with Crippen LogP contribution >= 0.6 is 15.9 Å². The second kappa shape index (κ2) is 4.40. The Bertz CT molecular complexity index is 605. The van der Waals surface area contributed by atoms with Crippen molar-refractivity contribution in [2.75, 3.05) is 5.32 Å². The summed E-state index contributed by atoms with van der Waals surface area (Å²) in [6.07, 6.45) is 3.37. The van der Waals surface area contributed by atoms with Crippen LogP contribution in [0, 0.1) is 5.92 Å². The summed E-state index contributed by atoms with van der Waals surface area (Å²) in [4.78, 5) is 4.41. The Kier molecular flexibility index (Phi) is 2.96.